The molecule has 540 valence electrons. The van der Waals surface area contributed by atoms with Gasteiger partial charge in [0, 0.05) is 87.6 Å². The Labute approximate surface area is 669 Å². The van der Waals surface area contributed by atoms with Gasteiger partial charge in [0.05, 0.1) is 89.7 Å². The number of hydrogen-bond donors (Lipinski definition) is 0. The summed E-state index contributed by atoms with van der Waals surface area (Å²) in [7, 11) is 0. The Kier molecular flexibility index (Phi) is 17.4. The number of pyridine rings is 8. The van der Waals surface area contributed by atoms with Crippen molar-refractivity contribution in [2.45, 2.75) is 0 Å². The molecule has 0 unspecified atom stereocenters. The second kappa shape index (κ2) is 29.6. The maximum Gasteiger partial charge on any atom is 0.0972 e. The van der Waals surface area contributed by atoms with Crippen molar-refractivity contribution in [1.29, 1.82) is 0 Å². The van der Waals surface area contributed by atoms with Crippen LogP contribution in [0.15, 0.2) is 413 Å². The van der Waals surface area contributed by atoms with Crippen molar-refractivity contribution in [2.24, 2.45) is 0 Å². The van der Waals surface area contributed by atoms with Gasteiger partial charge in [-0.15, -0.1) is 0 Å². The lowest BCUT2D eigenvalue weighted by Crippen LogP contribution is -1.91. The fraction of sp³-hybridized carbons (Fsp3) is 0. The average molecular weight is 1480 g/mol. The van der Waals surface area contributed by atoms with Gasteiger partial charge in [-0.2, -0.15) is 0 Å². The van der Waals surface area contributed by atoms with E-state index in [4.69, 9.17) is 39.9 Å². The predicted octanol–water partition coefficient (Wildman–Crippen LogP) is 27.8. The fourth-order valence-electron chi connectivity index (χ4n) is 15.8. The normalized spacial score (nSPS) is 11.4. The molecule has 0 aliphatic heterocycles. The van der Waals surface area contributed by atoms with Crippen LogP contribution in [0.3, 0.4) is 0 Å². The van der Waals surface area contributed by atoms with E-state index in [0.717, 1.165) is 188 Å². The molecule has 8 nitrogen and oxygen atoms in total. The van der Waals surface area contributed by atoms with E-state index in [0.29, 0.717) is 0 Å². The zero-order valence-corrected chi connectivity index (χ0v) is 62.8. The van der Waals surface area contributed by atoms with E-state index in [9.17, 15) is 0 Å². The number of benzene rings is 14. The monoisotopic (exact) mass is 1480 g/mol. The Morgan fingerprint density at radius 1 is 0.103 bits per heavy atom. The highest BCUT2D eigenvalue weighted by Crippen LogP contribution is 2.38. The van der Waals surface area contributed by atoms with Gasteiger partial charge in [-0.25, -0.2) is 39.9 Å². The third-order valence-corrected chi connectivity index (χ3v) is 22.1. The topological polar surface area (TPSA) is 103 Å². The van der Waals surface area contributed by atoms with Crippen LogP contribution in [-0.2, 0) is 0 Å². The second-order valence-electron chi connectivity index (χ2n) is 29.4. The molecule has 8 heterocycles. The number of aromatic nitrogens is 8. The summed E-state index contributed by atoms with van der Waals surface area (Å²) >= 11 is 0. The summed E-state index contributed by atoms with van der Waals surface area (Å²) < 4.78 is 0. The van der Waals surface area contributed by atoms with Gasteiger partial charge in [-0.1, -0.05) is 334 Å². The van der Waals surface area contributed by atoms with Crippen LogP contribution in [0, 0.1) is 0 Å². The standard InChI is InChI=1S/2C54H34N4/c1-3-8-35(9-4-1)43-12-7-13-44(32-43)45-22-18-39-25-29-50(56-51(39)33-45)46-23-19-40-24-28-47(55-52(40)34-46)37-14-16-38(17-15-37)49-31-27-42-21-20-41-26-30-48(36-10-5-2-6-11-36)57-53(41)54(42)58-49;1-3-7-35(8-4-1)36-11-13-37(14-12-36)45-23-19-41-26-30-50(56-51(41)33-45)46-24-20-42-25-29-47(55-52(42)34-46)39-15-17-40(18-16-39)49-32-28-44-22-21-43-27-31-48(38-9-5-2-6-10-38)57-53(43)54(44)58-49/h2*1-34H. The number of fused-ring (bicyclic) bond motifs is 10. The molecule has 0 N–H and O–H groups in total. The van der Waals surface area contributed by atoms with Gasteiger partial charge in [-0.3, -0.25) is 0 Å². The molecule has 8 heteroatoms. The van der Waals surface area contributed by atoms with E-state index >= 15 is 0 Å². The van der Waals surface area contributed by atoms with Gasteiger partial charge in [0.15, 0.2) is 0 Å². The summed E-state index contributed by atoms with van der Waals surface area (Å²) in [4.78, 5) is 41.0. The number of hydrogen-bond acceptors (Lipinski definition) is 8. The smallest absolute Gasteiger partial charge is 0.0972 e. The zero-order valence-electron chi connectivity index (χ0n) is 62.8. The maximum absolute atomic E-state index is 5.16. The molecule has 0 saturated heterocycles. The largest absolute Gasteiger partial charge is 0.248 e. The van der Waals surface area contributed by atoms with Gasteiger partial charge in [0.25, 0.3) is 0 Å². The molecule has 0 atom stereocenters. The molecule has 0 bridgehead atoms. The van der Waals surface area contributed by atoms with Crippen LogP contribution in [0.25, 0.3) is 222 Å². The van der Waals surface area contributed by atoms with Crippen LogP contribution in [0.4, 0.5) is 0 Å². The van der Waals surface area contributed by atoms with Crippen molar-refractivity contribution in [3.05, 3.63) is 413 Å². The van der Waals surface area contributed by atoms with Crippen LogP contribution < -0.4 is 0 Å². The first-order chi connectivity index (χ1) is 57.4. The van der Waals surface area contributed by atoms with Crippen molar-refractivity contribution < 1.29 is 0 Å². The Morgan fingerprint density at radius 3 is 0.603 bits per heavy atom. The zero-order chi connectivity index (χ0) is 76.8. The van der Waals surface area contributed by atoms with E-state index < -0.39 is 0 Å². The molecule has 14 aromatic carbocycles. The minimum atomic E-state index is 0.902. The molecule has 22 rings (SSSR count). The number of nitrogens with zero attached hydrogens (tertiary/aromatic N) is 8. The van der Waals surface area contributed by atoms with Gasteiger partial charge >= 0.3 is 0 Å². The summed E-state index contributed by atoms with van der Waals surface area (Å²) in [6.07, 6.45) is 0. The van der Waals surface area contributed by atoms with E-state index in [2.05, 4.69) is 370 Å². The molecular weight excluding hydrogens is 1410 g/mol. The molecule has 0 saturated carbocycles. The minimum Gasteiger partial charge on any atom is -0.248 e. The van der Waals surface area contributed by atoms with Crippen molar-refractivity contribution >= 4 is 87.2 Å². The fourth-order valence-corrected chi connectivity index (χ4v) is 15.8. The van der Waals surface area contributed by atoms with Gasteiger partial charge < -0.3 is 0 Å². The van der Waals surface area contributed by atoms with E-state index in [1.54, 1.807) is 0 Å². The van der Waals surface area contributed by atoms with Crippen molar-refractivity contribution in [2.75, 3.05) is 0 Å². The summed E-state index contributed by atoms with van der Waals surface area (Å²) in [6.45, 7) is 0. The van der Waals surface area contributed by atoms with E-state index in [-0.39, 0.29) is 0 Å². The second-order valence-corrected chi connectivity index (χ2v) is 29.4. The van der Waals surface area contributed by atoms with Crippen LogP contribution in [0.5, 0.6) is 0 Å². The van der Waals surface area contributed by atoms with Crippen molar-refractivity contribution in [3.8, 4) is 135 Å². The van der Waals surface area contributed by atoms with Crippen LogP contribution >= 0.6 is 0 Å². The molecule has 0 aliphatic carbocycles. The SMILES string of the molecule is c1ccc(-c2ccc(-c3ccc4ccc(-c5ccc6ccc(-c7ccc(-c8ccc9ccc%10ccc(-c%11ccccc%11)nc%10c9n8)cc7)nc6c5)nc4c3)cc2)cc1.c1ccc(-c2cccc(-c3ccc4ccc(-c5ccc6ccc(-c7ccc(-c8ccc9ccc%10ccc(-c%11ccccc%11)nc%10c9n8)cc7)nc6c5)nc4c3)c2)cc1. The predicted molar refractivity (Wildman–Crippen MR) is 481 cm³/mol. The molecule has 0 amide bonds. The highest BCUT2D eigenvalue weighted by molar-refractivity contribution is 6.06. The van der Waals surface area contributed by atoms with Gasteiger partial charge in [-0.05, 0) is 123 Å². The van der Waals surface area contributed by atoms with Crippen LogP contribution in [0.1, 0.15) is 0 Å². The Morgan fingerprint density at radius 2 is 0.276 bits per heavy atom. The molecule has 22 aromatic rings. The summed E-state index contributed by atoms with van der Waals surface area (Å²) in [6, 6.07) is 144. The molecule has 0 radical (unpaired) electrons. The molecule has 116 heavy (non-hydrogen) atoms. The highest BCUT2D eigenvalue weighted by atomic mass is 14.8. The quantitative estimate of drug-likeness (QED) is 0.111. The lowest BCUT2D eigenvalue weighted by molar-refractivity contribution is 1.36. The first-order valence-electron chi connectivity index (χ1n) is 39.1. The van der Waals surface area contributed by atoms with Crippen LogP contribution in [0.2, 0.25) is 0 Å². The minimum absolute atomic E-state index is 0.902. The molecule has 0 spiro atoms. The summed E-state index contributed by atoms with van der Waals surface area (Å²) in [5.41, 5.74) is 32.7. The summed E-state index contributed by atoms with van der Waals surface area (Å²) in [5, 5.41) is 8.67. The van der Waals surface area contributed by atoms with Crippen molar-refractivity contribution in [1.82, 2.24) is 39.9 Å². The van der Waals surface area contributed by atoms with E-state index in [1.165, 1.54) is 33.4 Å². The Hall–Kier alpha value is -15.6. The van der Waals surface area contributed by atoms with Crippen LogP contribution in [-0.4, -0.2) is 39.9 Å². The lowest BCUT2D eigenvalue weighted by atomic mass is 9.98. The van der Waals surface area contributed by atoms with Gasteiger partial charge in [0.2, 0.25) is 0 Å². The Balaban J connectivity index is 0.000000145. The Bertz CT molecular complexity index is 7530. The number of rotatable bonds is 12. The van der Waals surface area contributed by atoms with Crippen molar-refractivity contribution in [3.63, 3.8) is 0 Å². The molecule has 8 aromatic heterocycles. The molecular formula is C108H68N8. The highest BCUT2D eigenvalue weighted by Gasteiger charge is 2.16. The third kappa shape index (κ3) is 13.5. The third-order valence-electron chi connectivity index (χ3n) is 22.1. The maximum atomic E-state index is 5.16. The molecule has 0 fully saturated rings. The molecule has 0 aliphatic rings. The average Bonchev–Trinajstić information content (AvgIpc) is 0.777. The first-order valence-corrected chi connectivity index (χ1v) is 39.1. The first kappa shape index (κ1) is 68.4. The van der Waals surface area contributed by atoms with E-state index in [1.807, 2.05) is 42.5 Å². The van der Waals surface area contributed by atoms with Gasteiger partial charge in [0.1, 0.15) is 0 Å². The lowest BCUT2D eigenvalue weighted by Gasteiger charge is -2.10. The summed E-state index contributed by atoms with van der Waals surface area (Å²) in [5.74, 6) is 0.